The molecule has 1 aromatic heterocycles. The summed E-state index contributed by atoms with van der Waals surface area (Å²) in [6.07, 6.45) is 3.16. The number of aryl methyl sites for hydroxylation is 1. The van der Waals surface area contributed by atoms with Gasteiger partial charge in [0, 0.05) is 57.4 Å². The van der Waals surface area contributed by atoms with Crippen LogP contribution in [-0.2, 0) is 13.0 Å². The Morgan fingerprint density at radius 1 is 1.21 bits per heavy atom. The van der Waals surface area contributed by atoms with E-state index in [0.717, 1.165) is 30.9 Å². The number of hydrogen-bond acceptors (Lipinski definition) is 5. The van der Waals surface area contributed by atoms with Gasteiger partial charge in [0.15, 0.2) is 0 Å². The Morgan fingerprint density at radius 3 is 2.72 bits per heavy atom. The molecule has 0 radical (unpaired) electrons. The summed E-state index contributed by atoms with van der Waals surface area (Å²) in [5.41, 5.74) is 2.16. The molecular formula is C21H30N6O2. The van der Waals surface area contributed by atoms with Gasteiger partial charge in [-0.1, -0.05) is 6.07 Å². The Bertz CT molecular complexity index is 874. The van der Waals surface area contributed by atoms with Gasteiger partial charge in [-0.3, -0.25) is 9.59 Å². The number of likely N-dealkylation sites (N-methyl/N-ethyl adjacent to an activating group) is 1. The molecule has 0 spiro atoms. The van der Waals surface area contributed by atoms with E-state index in [4.69, 9.17) is 0 Å². The van der Waals surface area contributed by atoms with Gasteiger partial charge in [-0.2, -0.15) is 0 Å². The lowest BCUT2D eigenvalue weighted by Gasteiger charge is -2.26. The number of aromatic nitrogens is 2. The predicted molar refractivity (Wildman–Crippen MR) is 113 cm³/mol. The molecule has 1 aromatic carbocycles. The van der Waals surface area contributed by atoms with Gasteiger partial charge in [-0.15, -0.1) is 0 Å². The van der Waals surface area contributed by atoms with Crippen molar-refractivity contribution in [1.29, 1.82) is 0 Å². The Balaban J connectivity index is 1.65. The average molecular weight is 399 g/mol. The first kappa shape index (κ1) is 20.9. The monoisotopic (exact) mass is 398 g/mol. The molecule has 29 heavy (non-hydrogen) atoms. The van der Waals surface area contributed by atoms with E-state index in [-0.39, 0.29) is 17.9 Å². The smallest absolute Gasteiger partial charge is 0.269 e. The number of benzene rings is 1. The lowest BCUT2D eigenvalue weighted by molar-refractivity contribution is 0.0925. The van der Waals surface area contributed by atoms with Gasteiger partial charge in [-0.25, -0.2) is 4.98 Å². The number of anilines is 1. The molecule has 2 amide bonds. The maximum atomic E-state index is 12.7. The number of nitrogens with one attached hydrogen (secondary N) is 2. The highest BCUT2D eigenvalue weighted by atomic mass is 16.2. The van der Waals surface area contributed by atoms with E-state index >= 15 is 0 Å². The third kappa shape index (κ3) is 5.14. The fourth-order valence-corrected chi connectivity index (χ4v) is 3.41. The second-order valence-electron chi connectivity index (χ2n) is 7.88. The molecule has 0 unspecified atom stereocenters. The summed E-state index contributed by atoms with van der Waals surface area (Å²) in [5, 5.41) is 6.04. The minimum atomic E-state index is -0.128. The molecule has 0 aliphatic carbocycles. The maximum Gasteiger partial charge on any atom is 0.269 e. The van der Waals surface area contributed by atoms with Crippen molar-refractivity contribution in [2.75, 3.05) is 46.2 Å². The summed E-state index contributed by atoms with van der Waals surface area (Å²) in [5.74, 6) is 0.665. The van der Waals surface area contributed by atoms with Crippen LogP contribution < -0.4 is 15.5 Å². The Hall–Kier alpha value is -2.87. The standard InChI is InChI=1S/C21H30N6O2/c1-25(2)11-10-22-21(29)18-13-23-19-9-8-16(14-27(18)19)24-20(28)15-6-5-7-17(12-15)26(3)4/h5-7,12-13,16H,8-11,14H2,1-4H3,(H,22,29)(H,24,28)/t16-/m0/s1. The zero-order valence-corrected chi connectivity index (χ0v) is 17.6. The van der Waals surface area contributed by atoms with Crippen LogP contribution in [0.1, 0.15) is 33.1 Å². The van der Waals surface area contributed by atoms with Crippen molar-refractivity contribution < 1.29 is 9.59 Å². The minimum absolute atomic E-state index is 0.0412. The van der Waals surface area contributed by atoms with Crippen molar-refractivity contribution in [3.63, 3.8) is 0 Å². The van der Waals surface area contributed by atoms with E-state index in [1.54, 1.807) is 6.20 Å². The lowest BCUT2D eigenvalue weighted by Crippen LogP contribution is -2.42. The number of carbonyl (C=O) groups is 2. The number of hydrogen-bond donors (Lipinski definition) is 2. The molecule has 0 bridgehead atoms. The van der Waals surface area contributed by atoms with Crippen LogP contribution in [0.15, 0.2) is 30.5 Å². The van der Waals surface area contributed by atoms with Crippen LogP contribution in [0.4, 0.5) is 5.69 Å². The normalized spacial score (nSPS) is 15.7. The molecular weight excluding hydrogens is 368 g/mol. The molecule has 3 rings (SSSR count). The average Bonchev–Trinajstić information content (AvgIpc) is 3.11. The van der Waals surface area contributed by atoms with Crippen LogP contribution in [0.25, 0.3) is 0 Å². The summed E-state index contributed by atoms with van der Waals surface area (Å²) in [6, 6.07) is 7.51. The van der Waals surface area contributed by atoms with Crippen molar-refractivity contribution in [3.8, 4) is 0 Å². The molecule has 1 aliphatic heterocycles. The molecule has 1 atom stereocenters. The summed E-state index contributed by atoms with van der Waals surface area (Å²) < 4.78 is 1.93. The van der Waals surface area contributed by atoms with Crippen LogP contribution in [0, 0.1) is 0 Å². The van der Waals surface area contributed by atoms with E-state index < -0.39 is 0 Å². The zero-order valence-electron chi connectivity index (χ0n) is 17.6. The maximum absolute atomic E-state index is 12.7. The van der Waals surface area contributed by atoms with Gasteiger partial charge in [0.1, 0.15) is 11.5 Å². The van der Waals surface area contributed by atoms with Crippen LogP contribution in [0.3, 0.4) is 0 Å². The molecule has 0 saturated heterocycles. The predicted octanol–water partition coefficient (Wildman–Crippen LogP) is 0.985. The molecule has 1 aliphatic rings. The Labute approximate surface area is 171 Å². The van der Waals surface area contributed by atoms with Crippen LogP contribution >= 0.6 is 0 Å². The summed E-state index contributed by atoms with van der Waals surface area (Å²) in [7, 11) is 7.83. The number of nitrogens with zero attached hydrogens (tertiary/aromatic N) is 4. The van der Waals surface area contributed by atoms with Crippen molar-refractivity contribution in [2.24, 2.45) is 0 Å². The third-order valence-electron chi connectivity index (χ3n) is 5.09. The molecule has 156 valence electrons. The molecule has 2 aromatic rings. The summed E-state index contributed by atoms with van der Waals surface area (Å²) in [4.78, 5) is 33.6. The van der Waals surface area contributed by atoms with Gasteiger partial charge < -0.3 is 25.0 Å². The first-order valence-corrected chi connectivity index (χ1v) is 9.90. The van der Waals surface area contributed by atoms with E-state index in [2.05, 4.69) is 15.6 Å². The highest BCUT2D eigenvalue weighted by Crippen LogP contribution is 2.18. The SMILES string of the molecule is CN(C)CCNC(=O)c1cnc2n1C[C@@H](NC(=O)c1cccc(N(C)C)c1)CC2. The molecule has 0 fully saturated rings. The van der Waals surface area contributed by atoms with Crippen molar-refractivity contribution >= 4 is 17.5 Å². The molecule has 2 heterocycles. The second-order valence-corrected chi connectivity index (χ2v) is 7.88. The highest BCUT2D eigenvalue weighted by Gasteiger charge is 2.25. The fraction of sp³-hybridized carbons (Fsp3) is 0.476. The molecule has 0 saturated carbocycles. The third-order valence-corrected chi connectivity index (χ3v) is 5.09. The summed E-state index contributed by atoms with van der Waals surface area (Å²) in [6.45, 7) is 1.90. The molecule has 8 nitrogen and oxygen atoms in total. The van der Waals surface area contributed by atoms with Crippen LogP contribution in [0.5, 0.6) is 0 Å². The van der Waals surface area contributed by atoms with Crippen molar-refractivity contribution in [2.45, 2.75) is 25.4 Å². The van der Waals surface area contributed by atoms with Crippen LogP contribution in [0.2, 0.25) is 0 Å². The number of imidazole rings is 1. The Morgan fingerprint density at radius 2 is 2.00 bits per heavy atom. The van der Waals surface area contributed by atoms with E-state index in [0.29, 0.717) is 24.3 Å². The van der Waals surface area contributed by atoms with Gasteiger partial charge in [-0.05, 0) is 38.7 Å². The van der Waals surface area contributed by atoms with Crippen molar-refractivity contribution in [1.82, 2.24) is 25.1 Å². The quantitative estimate of drug-likeness (QED) is 0.727. The summed E-state index contributed by atoms with van der Waals surface area (Å²) >= 11 is 0. The number of amides is 2. The first-order valence-electron chi connectivity index (χ1n) is 9.90. The number of fused-ring (bicyclic) bond motifs is 1. The molecule has 8 heteroatoms. The van der Waals surface area contributed by atoms with Crippen molar-refractivity contribution in [3.05, 3.63) is 47.5 Å². The lowest BCUT2D eigenvalue weighted by atomic mass is 10.1. The topological polar surface area (TPSA) is 82.5 Å². The van der Waals surface area contributed by atoms with E-state index in [1.165, 1.54) is 0 Å². The largest absolute Gasteiger partial charge is 0.378 e. The molecule has 2 N–H and O–H groups in total. The highest BCUT2D eigenvalue weighted by molar-refractivity contribution is 5.95. The first-order chi connectivity index (χ1) is 13.8. The number of carbonyl (C=O) groups excluding carboxylic acids is 2. The minimum Gasteiger partial charge on any atom is -0.378 e. The van der Waals surface area contributed by atoms with E-state index in [9.17, 15) is 9.59 Å². The number of rotatable bonds is 7. The van der Waals surface area contributed by atoms with Gasteiger partial charge in [0.2, 0.25) is 0 Å². The van der Waals surface area contributed by atoms with Gasteiger partial charge in [0.25, 0.3) is 11.8 Å². The Kier molecular flexibility index (Phi) is 6.53. The van der Waals surface area contributed by atoms with E-state index in [1.807, 2.05) is 66.8 Å². The second kappa shape index (κ2) is 9.09. The fourth-order valence-electron chi connectivity index (χ4n) is 3.41. The van der Waals surface area contributed by atoms with Gasteiger partial charge >= 0.3 is 0 Å². The van der Waals surface area contributed by atoms with Gasteiger partial charge in [0.05, 0.1) is 6.20 Å². The van der Waals surface area contributed by atoms with Crippen LogP contribution in [-0.4, -0.2) is 73.6 Å². The zero-order chi connectivity index (χ0) is 21.0.